The number of allylic oxidation sites excluding steroid dienone is 2. The van der Waals surface area contributed by atoms with Crippen LogP contribution in [-0.4, -0.2) is 21.3 Å². The Balaban J connectivity index is 1.64. The molecule has 1 N–H and O–H groups in total. The van der Waals surface area contributed by atoms with Gasteiger partial charge in [0.15, 0.2) is 0 Å². The highest BCUT2D eigenvalue weighted by atomic mass is 16.1. The molecule has 4 nitrogen and oxygen atoms in total. The third-order valence-electron chi connectivity index (χ3n) is 5.47. The number of nitrogens with one attached hydrogen (secondary N) is 1. The van der Waals surface area contributed by atoms with Crippen molar-refractivity contribution in [2.75, 3.05) is 0 Å². The summed E-state index contributed by atoms with van der Waals surface area (Å²) < 4.78 is 1.98. The van der Waals surface area contributed by atoms with Crippen LogP contribution in [0.3, 0.4) is 0 Å². The maximum atomic E-state index is 13.0. The van der Waals surface area contributed by atoms with Crippen molar-refractivity contribution in [2.45, 2.75) is 58.9 Å². The molecule has 2 heterocycles. The standard InChI is InChI=1S/C21H25N3O/c1-13-7-8-16-5-4-6-19(18(16)11-13)23-21(25)17-9-10-24-15(3)12-14(2)22-20(17)24/h9-12,19H,4-8H2,1-3H3,(H,23,25). The number of aryl methyl sites for hydroxylation is 2. The molecule has 4 rings (SSSR count). The SMILES string of the molecule is CC1=CC2=C(CCCC2NC(=O)c2ccn3c(C)cc(C)nc23)CC1. The van der Waals surface area contributed by atoms with Gasteiger partial charge >= 0.3 is 0 Å². The molecule has 25 heavy (non-hydrogen) atoms. The van der Waals surface area contributed by atoms with Crippen LogP contribution < -0.4 is 5.32 Å². The minimum Gasteiger partial charge on any atom is -0.345 e. The van der Waals surface area contributed by atoms with Crippen LogP contribution in [0.5, 0.6) is 0 Å². The van der Waals surface area contributed by atoms with E-state index in [1.807, 2.05) is 36.6 Å². The highest BCUT2D eigenvalue weighted by Crippen LogP contribution is 2.34. The summed E-state index contributed by atoms with van der Waals surface area (Å²) in [6, 6.07) is 4.04. The third kappa shape index (κ3) is 2.90. The van der Waals surface area contributed by atoms with E-state index in [9.17, 15) is 4.79 Å². The molecule has 0 bridgehead atoms. The molecule has 2 aliphatic carbocycles. The van der Waals surface area contributed by atoms with Crippen LogP contribution in [0.25, 0.3) is 5.65 Å². The molecular weight excluding hydrogens is 310 g/mol. The van der Waals surface area contributed by atoms with Crippen molar-refractivity contribution in [2.24, 2.45) is 0 Å². The predicted octanol–water partition coefficient (Wildman–Crippen LogP) is 4.27. The van der Waals surface area contributed by atoms with Crippen molar-refractivity contribution in [1.82, 2.24) is 14.7 Å². The van der Waals surface area contributed by atoms with Gasteiger partial charge in [-0.1, -0.05) is 17.2 Å². The zero-order valence-corrected chi connectivity index (χ0v) is 15.2. The maximum absolute atomic E-state index is 13.0. The molecule has 0 radical (unpaired) electrons. The second-order valence-electron chi connectivity index (χ2n) is 7.43. The van der Waals surface area contributed by atoms with Gasteiger partial charge in [0.2, 0.25) is 0 Å². The predicted molar refractivity (Wildman–Crippen MR) is 99.8 cm³/mol. The van der Waals surface area contributed by atoms with Gasteiger partial charge in [-0.05, 0) is 70.6 Å². The third-order valence-corrected chi connectivity index (χ3v) is 5.47. The van der Waals surface area contributed by atoms with Gasteiger partial charge in [0.05, 0.1) is 11.6 Å². The van der Waals surface area contributed by atoms with Crippen LogP contribution >= 0.6 is 0 Å². The molecular formula is C21H25N3O. The molecule has 0 saturated carbocycles. The second-order valence-corrected chi connectivity index (χ2v) is 7.43. The smallest absolute Gasteiger partial charge is 0.255 e. The fourth-order valence-electron chi connectivity index (χ4n) is 4.18. The molecule has 0 aliphatic heterocycles. The van der Waals surface area contributed by atoms with Crippen molar-refractivity contribution in [3.05, 3.63) is 58.1 Å². The Bertz CT molecular complexity index is 917. The van der Waals surface area contributed by atoms with E-state index in [0.29, 0.717) is 5.56 Å². The highest BCUT2D eigenvalue weighted by Gasteiger charge is 2.26. The van der Waals surface area contributed by atoms with Gasteiger partial charge in [-0.25, -0.2) is 4.98 Å². The molecule has 0 aromatic carbocycles. The monoisotopic (exact) mass is 335 g/mol. The lowest BCUT2D eigenvalue weighted by atomic mass is 9.80. The van der Waals surface area contributed by atoms with Crippen molar-refractivity contribution in [3.8, 4) is 0 Å². The van der Waals surface area contributed by atoms with Gasteiger partial charge in [-0.15, -0.1) is 0 Å². The van der Waals surface area contributed by atoms with Gasteiger partial charge < -0.3 is 9.72 Å². The molecule has 4 heteroatoms. The maximum Gasteiger partial charge on any atom is 0.255 e. The van der Waals surface area contributed by atoms with Crippen LogP contribution in [0.15, 0.2) is 41.1 Å². The number of carbonyl (C=O) groups excluding carboxylic acids is 1. The summed E-state index contributed by atoms with van der Waals surface area (Å²) in [6.07, 6.45) is 9.90. The largest absolute Gasteiger partial charge is 0.345 e. The summed E-state index contributed by atoms with van der Waals surface area (Å²) >= 11 is 0. The second kappa shape index (κ2) is 6.17. The normalized spacial score (nSPS) is 20.4. The molecule has 1 amide bonds. The van der Waals surface area contributed by atoms with E-state index < -0.39 is 0 Å². The summed E-state index contributed by atoms with van der Waals surface area (Å²) in [5.74, 6) is -0.0182. The number of nitrogens with zero attached hydrogens (tertiary/aromatic N) is 2. The van der Waals surface area contributed by atoms with Gasteiger partial charge in [-0.3, -0.25) is 4.79 Å². The molecule has 2 aliphatic rings. The van der Waals surface area contributed by atoms with Crippen molar-refractivity contribution in [1.29, 1.82) is 0 Å². The number of carbonyl (C=O) groups is 1. The minimum atomic E-state index is -0.0182. The van der Waals surface area contributed by atoms with Crippen molar-refractivity contribution >= 4 is 11.6 Å². The molecule has 0 fully saturated rings. The summed E-state index contributed by atoms with van der Waals surface area (Å²) in [5, 5.41) is 3.28. The highest BCUT2D eigenvalue weighted by molar-refractivity contribution is 6.00. The molecule has 1 unspecified atom stereocenters. The van der Waals surface area contributed by atoms with E-state index in [1.165, 1.54) is 23.1 Å². The first kappa shape index (κ1) is 16.1. The molecule has 0 spiro atoms. The average Bonchev–Trinajstić information content (AvgIpc) is 2.99. The molecule has 130 valence electrons. The first-order valence-electron chi connectivity index (χ1n) is 9.18. The first-order chi connectivity index (χ1) is 12.0. The Morgan fingerprint density at radius 1 is 1.24 bits per heavy atom. The fraction of sp³-hybridized carbons (Fsp3) is 0.429. The van der Waals surface area contributed by atoms with Gasteiger partial charge in [0, 0.05) is 17.6 Å². The Kier molecular flexibility index (Phi) is 3.98. The van der Waals surface area contributed by atoms with E-state index in [4.69, 9.17) is 0 Å². The number of fused-ring (bicyclic) bond motifs is 1. The summed E-state index contributed by atoms with van der Waals surface area (Å²) in [5.41, 5.74) is 7.75. The molecule has 0 saturated heterocycles. The van der Waals surface area contributed by atoms with Gasteiger partial charge in [0.1, 0.15) is 5.65 Å². The van der Waals surface area contributed by atoms with E-state index in [1.54, 1.807) is 0 Å². The van der Waals surface area contributed by atoms with Crippen molar-refractivity contribution < 1.29 is 4.79 Å². The molecule has 1 atom stereocenters. The minimum absolute atomic E-state index is 0.0182. The quantitative estimate of drug-likeness (QED) is 0.891. The average molecular weight is 335 g/mol. The van der Waals surface area contributed by atoms with E-state index >= 15 is 0 Å². The van der Waals surface area contributed by atoms with Crippen LogP contribution in [0, 0.1) is 13.8 Å². The number of rotatable bonds is 2. The van der Waals surface area contributed by atoms with Crippen molar-refractivity contribution in [3.63, 3.8) is 0 Å². The zero-order chi connectivity index (χ0) is 17.6. The Labute approximate surface area is 148 Å². The Morgan fingerprint density at radius 3 is 2.92 bits per heavy atom. The number of hydrogen-bond donors (Lipinski definition) is 1. The topological polar surface area (TPSA) is 46.4 Å². The van der Waals surface area contributed by atoms with E-state index in [2.05, 4.69) is 23.3 Å². The number of hydrogen-bond acceptors (Lipinski definition) is 2. The van der Waals surface area contributed by atoms with Crippen LogP contribution in [0.2, 0.25) is 0 Å². The zero-order valence-electron chi connectivity index (χ0n) is 15.2. The van der Waals surface area contributed by atoms with Gasteiger partial charge in [0.25, 0.3) is 5.91 Å². The summed E-state index contributed by atoms with van der Waals surface area (Å²) in [7, 11) is 0. The first-order valence-corrected chi connectivity index (χ1v) is 9.18. The van der Waals surface area contributed by atoms with Crippen LogP contribution in [0.1, 0.15) is 60.8 Å². The molecule has 2 aromatic rings. The van der Waals surface area contributed by atoms with Crippen LogP contribution in [0.4, 0.5) is 0 Å². The lowest BCUT2D eigenvalue weighted by molar-refractivity contribution is 0.0941. The number of aromatic nitrogens is 2. The summed E-state index contributed by atoms with van der Waals surface area (Å²) in [4.78, 5) is 17.5. The Morgan fingerprint density at radius 2 is 2.08 bits per heavy atom. The van der Waals surface area contributed by atoms with Crippen LogP contribution in [-0.2, 0) is 0 Å². The lowest BCUT2D eigenvalue weighted by Gasteiger charge is -2.31. The van der Waals surface area contributed by atoms with Gasteiger partial charge in [-0.2, -0.15) is 0 Å². The number of amides is 1. The van der Waals surface area contributed by atoms with E-state index in [-0.39, 0.29) is 11.9 Å². The molecule has 2 aromatic heterocycles. The Hall–Kier alpha value is -2.36. The van der Waals surface area contributed by atoms with E-state index in [0.717, 1.165) is 42.7 Å². The summed E-state index contributed by atoms with van der Waals surface area (Å²) in [6.45, 7) is 6.20. The fourth-order valence-corrected chi connectivity index (χ4v) is 4.18. The lowest BCUT2D eigenvalue weighted by Crippen LogP contribution is -2.38.